The first-order valence-electron chi connectivity index (χ1n) is 6.34. The fourth-order valence-corrected chi connectivity index (χ4v) is 2.71. The van der Waals surface area contributed by atoms with E-state index in [2.05, 4.69) is 10.0 Å². The van der Waals surface area contributed by atoms with Crippen molar-refractivity contribution in [3.05, 3.63) is 59.7 Å². The van der Waals surface area contributed by atoms with Crippen LogP contribution >= 0.6 is 0 Å². The molecule has 0 fully saturated rings. The van der Waals surface area contributed by atoms with E-state index < -0.39 is 10.0 Å². The van der Waals surface area contributed by atoms with Crippen molar-refractivity contribution >= 4 is 15.7 Å². The van der Waals surface area contributed by atoms with E-state index in [1.165, 1.54) is 0 Å². The molecule has 0 saturated carbocycles. The van der Waals surface area contributed by atoms with Crippen LogP contribution in [0.3, 0.4) is 0 Å². The molecule has 0 saturated heterocycles. The van der Waals surface area contributed by atoms with Gasteiger partial charge in [-0.2, -0.15) is 4.72 Å². The molecule has 0 radical (unpaired) electrons. The second kappa shape index (κ2) is 6.07. The number of nitrogens with one attached hydrogen (secondary N) is 2. The maximum atomic E-state index is 12.0. The lowest BCUT2D eigenvalue weighted by Crippen LogP contribution is -2.29. The number of anilines is 1. The molecule has 0 aliphatic carbocycles. The Hall–Kier alpha value is -1.85. The van der Waals surface area contributed by atoms with Crippen molar-refractivity contribution < 1.29 is 8.42 Å². The van der Waals surface area contributed by atoms with Gasteiger partial charge in [-0.3, -0.25) is 0 Å². The van der Waals surface area contributed by atoms with E-state index in [9.17, 15) is 8.42 Å². The van der Waals surface area contributed by atoms with Gasteiger partial charge in [-0.25, -0.2) is 8.42 Å². The Morgan fingerprint density at radius 3 is 2.30 bits per heavy atom. The molecule has 0 aliphatic heterocycles. The summed E-state index contributed by atoms with van der Waals surface area (Å²) in [4.78, 5) is 0.272. The van der Waals surface area contributed by atoms with Crippen molar-refractivity contribution in [2.24, 2.45) is 0 Å². The van der Waals surface area contributed by atoms with Crippen LogP contribution in [0.15, 0.2) is 53.4 Å². The van der Waals surface area contributed by atoms with Gasteiger partial charge in [-0.05, 0) is 43.7 Å². The number of sulfonamides is 1. The van der Waals surface area contributed by atoms with Crippen LogP contribution < -0.4 is 10.0 Å². The Bertz CT molecular complexity index is 679. The number of rotatable bonds is 5. The van der Waals surface area contributed by atoms with E-state index in [0.29, 0.717) is 0 Å². The van der Waals surface area contributed by atoms with Crippen LogP contribution in [-0.2, 0) is 10.0 Å². The first-order valence-corrected chi connectivity index (χ1v) is 7.82. The summed E-state index contributed by atoms with van der Waals surface area (Å²) in [7, 11) is -3.47. The molecule has 0 unspecified atom stereocenters. The van der Waals surface area contributed by atoms with E-state index in [0.717, 1.165) is 16.8 Å². The highest BCUT2D eigenvalue weighted by Crippen LogP contribution is 2.11. The molecule has 2 aromatic carbocycles. The summed E-state index contributed by atoms with van der Waals surface area (Å²) in [5, 5.41) is 3.03. The Morgan fingerprint density at radius 2 is 1.65 bits per heavy atom. The van der Waals surface area contributed by atoms with E-state index >= 15 is 0 Å². The zero-order chi connectivity index (χ0) is 14.6. The molecule has 0 bridgehead atoms. The van der Waals surface area contributed by atoms with Crippen molar-refractivity contribution in [3.63, 3.8) is 0 Å². The molecule has 0 heterocycles. The molecule has 2 aromatic rings. The molecule has 0 amide bonds. The average molecular weight is 290 g/mol. The predicted octanol–water partition coefficient (Wildman–Crippen LogP) is 2.65. The highest BCUT2D eigenvalue weighted by atomic mass is 32.2. The second-order valence-electron chi connectivity index (χ2n) is 4.68. The molecule has 0 atom stereocenters. The smallest absolute Gasteiger partial charge is 0.242 e. The Morgan fingerprint density at radius 1 is 0.950 bits per heavy atom. The molecule has 2 N–H and O–H groups in total. The van der Waals surface area contributed by atoms with Gasteiger partial charge in [0.25, 0.3) is 0 Å². The number of aryl methyl sites for hydroxylation is 2. The average Bonchev–Trinajstić information content (AvgIpc) is 2.39. The van der Waals surface area contributed by atoms with Crippen LogP contribution in [0.1, 0.15) is 11.1 Å². The SMILES string of the molecule is Cc1ccc(S(=O)(=O)NCNc2cccc(C)c2)cc1. The second-order valence-corrected chi connectivity index (χ2v) is 6.45. The summed E-state index contributed by atoms with van der Waals surface area (Å²) < 4.78 is 26.6. The highest BCUT2D eigenvalue weighted by molar-refractivity contribution is 7.89. The number of benzene rings is 2. The molecule has 0 aliphatic rings. The lowest BCUT2D eigenvalue weighted by atomic mass is 10.2. The summed E-state index contributed by atoms with van der Waals surface area (Å²) >= 11 is 0. The standard InChI is InChI=1S/C15H18N2O2S/c1-12-6-8-15(9-7-12)20(18,19)17-11-16-14-5-3-4-13(2)10-14/h3-10,16-17H,11H2,1-2H3. The third-order valence-electron chi connectivity index (χ3n) is 2.90. The van der Waals surface area contributed by atoms with Crippen molar-refractivity contribution in [1.29, 1.82) is 0 Å². The molecular formula is C15H18N2O2S. The third kappa shape index (κ3) is 3.82. The maximum Gasteiger partial charge on any atom is 0.242 e. The summed E-state index contributed by atoms with van der Waals surface area (Å²) in [5.74, 6) is 0. The fourth-order valence-electron chi connectivity index (χ4n) is 1.79. The van der Waals surface area contributed by atoms with E-state index in [4.69, 9.17) is 0 Å². The minimum absolute atomic E-state index is 0.152. The van der Waals surface area contributed by atoms with E-state index in [-0.39, 0.29) is 11.6 Å². The van der Waals surface area contributed by atoms with Gasteiger partial charge >= 0.3 is 0 Å². The third-order valence-corrected chi connectivity index (χ3v) is 4.32. The largest absolute Gasteiger partial charge is 0.372 e. The van der Waals surface area contributed by atoms with Gasteiger partial charge in [0.05, 0.1) is 11.6 Å². The van der Waals surface area contributed by atoms with E-state index in [1.807, 2.05) is 38.1 Å². The quantitative estimate of drug-likeness (QED) is 0.832. The number of hydrogen-bond acceptors (Lipinski definition) is 3. The van der Waals surface area contributed by atoms with Crippen LogP contribution in [0.5, 0.6) is 0 Å². The van der Waals surface area contributed by atoms with Crippen molar-refractivity contribution in [2.45, 2.75) is 18.7 Å². The lowest BCUT2D eigenvalue weighted by Gasteiger charge is -2.10. The summed E-state index contributed by atoms with van der Waals surface area (Å²) in [6, 6.07) is 14.5. The Balaban J connectivity index is 1.98. The van der Waals surface area contributed by atoms with Crippen molar-refractivity contribution in [2.75, 3.05) is 12.0 Å². The summed E-state index contributed by atoms with van der Waals surface area (Å²) in [6.45, 7) is 4.06. The van der Waals surface area contributed by atoms with Gasteiger partial charge in [0.2, 0.25) is 10.0 Å². The van der Waals surface area contributed by atoms with Gasteiger partial charge in [0.15, 0.2) is 0 Å². The molecule has 5 heteroatoms. The molecule has 20 heavy (non-hydrogen) atoms. The molecule has 2 rings (SSSR count). The minimum atomic E-state index is -3.47. The minimum Gasteiger partial charge on any atom is -0.372 e. The van der Waals surface area contributed by atoms with Crippen LogP contribution in [0, 0.1) is 13.8 Å². The molecule has 4 nitrogen and oxygen atoms in total. The molecule has 106 valence electrons. The normalized spacial score (nSPS) is 11.3. The predicted molar refractivity (Wildman–Crippen MR) is 81.2 cm³/mol. The Kier molecular flexibility index (Phi) is 4.42. The zero-order valence-electron chi connectivity index (χ0n) is 11.6. The van der Waals surface area contributed by atoms with E-state index in [1.54, 1.807) is 24.3 Å². The number of hydrogen-bond donors (Lipinski definition) is 2. The van der Waals surface area contributed by atoms with Crippen molar-refractivity contribution in [3.8, 4) is 0 Å². The highest BCUT2D eigenvalue weighted by Gasteiger charge is 2.12. The van der Waals surface area contributed by atoms with Gasteiger partial charge in [-0.1, -0.05) is 29.8 Å². The van der Waals surface area contributed by atoms with Crippen molar-refractivity contribution in [1.82, 2.24) is 4.72 Å². The summed E-state index contributed by atoms with van der Waals surface area (Å²) in [6.07, 6.45) is 0. The Labute approximate surface area is 119 Å². The van der Waals surface area contributed by atoms with Crippen LogP contribution in [0.2, 0.25) is 0 Å². The summed E-state index contributed by atoms with van der Waals surface area (Å²) in [5.41, 5.74) is 3.04. The lowest BCUT2D eigenvalue weighted by molar-refractivity contribution is 0.584. The van der Waals surface area contributed by atoms with Gasteiger partial charge in [-0.15, -0.1) is 0 Å². The maximum absolute atomic E-state index is 12.0. The zero-order valence-corrected chi connectivity index (χ0v) is 12.4. The van der Waals surface area contributed by atoms with Gasteiger partial charge < -0.3 is 5.32 Å². The molecule has 0 spiro atoms. The van der Waals surface area contributed by atoms with Gasteiger partial charge in [0, 0.05) is 5.69 Å². The fraction of sp³-hybridized carbons (Fsp3) is 0.200. The topological polar surface area (TPSA) is 58.2 Å². The van der Waals surface area contributed by atoms with Crippen LogP contribution in [0.25, 0.3) is 0 Å². The van der Waals surface area contributed by atoms with Crippen LogP contribution in [-0.4, -0.2) is 15.1 Å². The first kappa shape index (κ1) is 14.6. The van der Waals surface area contributed by atoms with Crippen LogP contribution in [0.4, 0.5) is 5.69 Å². The first-order chi connectivity index (χ1) is 9.47. The molecule has 0 aromatic heterocycles. The monoisotopic (exact) mass is 290 g/mol. The van der Waals surface area contributed by atoms with Gasteiger partial charge in [0.1, 0.15) is 0 Å². The molecular weight excluding hydrogens is 272 g/mol.